The second kappa shape index (κ2) is 9.08. The van der Waals surface area contributed by atoms with Gasteiger partial charge in [0.1, 0.15) is 23.6 Å². The molecule has 0 fully saturated rings. The third kappa shape index (κ3) is 4.67. The van der Waals surface area contributed by atoms with Crippen molar-refractivity contribution in [1.29, 1.82) is 0 Å². The zero-order valence-corrected chi connectivity index (χ0v) is 17.8. The fraction of sp³-hybridized carbons (Fsp3) is 0.154. The van der Waals surface area contributed by atoms with Crippen LogP contribution in [0.4, 0.5) is 0 Å². The first-order valence-electron chi connectivity index (χ1n) is 10.7. The lowest BCUT2D eigenvalue weighted by Gasteiger charge is -2.09. The number of oxazole rings is 1. The van der Waals surface area contributed by atoms with E-state index in [1.54, 1.807) is 10.8 Å². The summed E-state index contributed by atoms with van der Waals surface area (Å²) in [6, 6.07) is 22.9. The Morgan fingerprint density at radius 3 is 2.58 bits per heavy atom. The molecule has 0 aliphatic carbocycles. The first-order valence-corrected chi connectivity index (χ1v) is 10.7. The molecule has 0 saturated heterocycles. The molecule has 0 unspecified atom stereocenters. The van der Waals surface area contributed by atoms with Crippen LogP contribution in [0.2, 0.25) is 0 Å². The van der Waals surface area contributed by atoms with Crippen LogP contribution in [-0.2, 0) is 11.3 Å². The fourth-order valence-corrected chi connectivity index (χ4v) is 3.71. The standard InChI is InChI=1S/C26H22N2O5/c29-25(30)17-28-12-11-18-15-21(9-10-23(18)28)32-14-4-13-31-20-6-3-5-19(16-20)26-27-22-7-1-2-8-24(22)33-26/h1-3,5-12,15-16H,4,13-14,17H2,(H,29,30). The highest BCUT2D eigenvalue weighted by atomic mass is 16.5. The Balaban J connectivity index is 1.14. The third-order valence-corrected chi connectivity index (χ3v) is 5.25. The van der Waals surface area contributed by atoms with Crippen molar-refractivity contribution in [2.45, 2.75) is 13.0 Å². The smallest absolute Gasteiger partial charge is 0.323 e. The monoisotopic (exact) mass is 442 g/mol. The third-order valence-electron chi connectivity index (χ3n) is 5.25. The Labute approximate surface area is 189 Å². The Bertz CT molecular complexity index is 1390. The van der Waals surface area contributed by atoms with Crippen molar-refractivity contribution in [3.05, 3.63) is 79.0 Å². The predicted molar refractivity (Wildman–Crippen MR) is 125 cm³/mol. The average Bonchev–Trinajstić information content (AvgIpc) is 3.43. The van der Waals surface area contributed by atoms with Gasteiger partial charge in [-0.3, -0.25) is 4.79 Å². The number of para-hydroxylation sites is 2. The Hall–Kier alpha value is -4.26. The molecule has 33 heavy (non-hydrogen) atoms. The van der Waals surface area contributed by atoms with Crippen LogP contribution in [0.5, 0.6) is 11.5 Å². The van der Waals surface area contributed by atoms with Gasteiger partial charge in [0, 0.05) is 29.1 Å². The van der Waals surface area contributed by atoms with Crippen molar-refractivity contribution in [1.82, 2.24) is 9.55 Å². The SMILES string of the molecule is O=C(O)Cn1ccc2cc(OCCCOc3cccc(-c4nc5ccccc5o4)c3)ccc21. The summed E-state index contributed by atoms with van der Waals surface area (Å²) in [5.74, 6) is 1.19. The van der Waals surface area contributed by atoms with Gasteiger partial charge in [-0.25, -0.2) is 4.98 Å². The molecule has 3 aromatic carbocycles. The summed E-state index contributed by atoms with van der Waals surface area (Å²) in [4.78, 5) is 15.5. The van der Waals surface area contributed by atoms with Gasteiger partial charge in [-0.15, -0.1) is 0 Å². The van der Waals surface area contributed by atoms with Gasteiger partial charge in [0.2, 0.25) is 5.89 Å². The highest BCUT2D eigenvalue weighted by molar-refractivity contribution is 5.83. The van der Waals surface area contributed by atoms with Crippen molar-refractivity contribution in [2.24, 2.45) is 0 Å². The summed E-state index contributed by atoms with van der Waals surface area (Å²) < 4.78 is 19.3. The zero-order valence-electron chi connectivity index (χ0n) is 17.8. The van der Waals surface area contributed by atoms with E-state index < -0.39 is 5.97 Å². The van der Waals surface area contributed by atoms with Crippen molar-refractivity contribution in [3.63, 3.8) is 0 Å². The molecule has 7 nitrogen and oxygen atoms in total. The molecule has 2 aromatic heterocycles. The van der Waals surface area contributed by atoms with Gasteiger partial charge in [-0.05, 0) is 54.6 Å². The lowest BCUT2D eigenvalue weighted by atomic mass is 10.2. The van der Waals surface area contributed by atoms with Crippen molar-refractivity contribution >= 4 is 28.0 Å². The number of carboxylic acid groups (broad SMARTS) is 1. The van der Waals surface area contributed by atoms with E-state index >= 15 is 0 Å². The zero-order chi connectivity index (χ0) is 22.6. The van der Waals surface area contributed by atoms with E-state index in [-0.39, 0.29) is 6.54 Å². The molecule has 2 heterocycles. The van der Waals surface area contributed by atoms with Gasteiger partial charge in [0.05, 0.1) is 13.2 Å². The van der Waals surface area contributed by atoms with E-state index in [9.17, 15) is 4.79 Å². The van der Waals surface area contributed by atoms with E-state index in [1.165, 1.54) is 0 Å². The number of nitrogens with zero attached hydrogens (tertiary/aromatic N) is 2. The minimum atomic E-state index is -0.868. The van der Waals surface area contributed by atoms with Gasteiger partial charge in [-0.1, -0.05) is 18.2 Å². The number of hydrogen-bond donors (Lipinski definition) is 1. The summed E-state index contributed by atoms with van der Waals surface area (Å²) >= 11 is 0. The lowest BCUT2D eigenvalue weighted by molar-refractivity contribution is -0.137. The fourth-order valence-electron chi connectivity index (χ4n) is 3.71. The second-order valence-corrected chi connectivity index (χ2v) is 7.62. The number of aromatic nitrogens is 2. The number of carbonyl (C=O) groups is 1. The predicted octanol–water partition coefficient (Wildman–Crippen LogP) is 5.38. The molecule has 5 aromatic rings. The minimum Gasteiger partial charge on any atom is -0.493 e. The first kappa shape index (κ1) is 20.6. The lowest BCUT2D eigenvalue weighted by Crippen LogP contribution is -2.07. The molecule has 0 aliphatic heterocycles. The molecule has 0 amide bonds. The quantitative estimate of drug-likeness (QED) is 0.308. The van der Waals surface area contributed by atoms with E-state index in [0.29, 0.717) is 25.5 Å². The van der Waals surface area contributed by atoms with Gasteiger partial charge in [0.15, 0.2) is 5.58 Å². The molecule has 0 bridgehead atoms. The maximum Gasteiger partial charge on any atom is 0.323 e. The van der Waals surface area contributed by atoms with Crippen LogP contribution in [-0.4, -0.2) is 33.8 Å². The Morgan fingerprint density at radius 2 is 1.76 bits per heavy atom. The molecule has 1 N–H and O–H groups in total. The number of fused-ring (bicyclic) bond motifs is 2. The number of ether oxygens (including phenoxy) is 2. The summed E-state index contributed by atoms with van der Waals surface area (Å²) in [6.45, 7) is 0.953. The summed E-state index contributed by atoms with van der Waals surface area (Å²) in [7, 11) is 0. The summed E-state index contributed by atoms with van der Waals surface area (Å²) in [6.07, 6.45) is 2.48. The molecule has 0 spiro atoms. The number of benzene rings is 3. The number of aliphatic carboxylic acids is 1. The molecule has 0 aliphatic rings. The molecule has 5 rings (SSSR count). The minimum absolute atomic E-state index is 0.0609. The van der Waals surface area contributed by atoms with Crippen molar-refractivity contribution < 1.29 is 23.8 Å². The number of rotatable bonds is 9. The first-order chi connectivity index (χ1) is 16.2. The largest absolute Gasteiger partial charge is 0.493 e. The average molecular weight is 442 g/mol. The van der Waals surface area contributed by atoms with Crippen LogP contribution in [0.25, 0.3) is 33.5 Å². The molecular weight excluding hydrogens is 420 g/mol. The van der Waals surface area contributed by atoms with Crippen LogP contribution < -0.4 is 9.47 Å². The van der Waals surface area contributed by atoms with Gasteiger partial charge < -0.3 is 23.6 Å². The van der Waals surface area contributed by atoms with Crippen LogP contribution in [0.3, 0.4) is 0 Å². The van der Waals surface area contributed by atoms with Crippen LogP contribution >= 0.6 is 0 Å². The maximum atomic E-state index is 10.9. The molecule has 166 valence electrons. The van der Waals surface area contributed by atoms with E-state index in [4.69, 9.17) is 19.0 Å². The number of hydrogen-bond acceptors (Lipinski definition) is 5. The summed E-state index contributed by atoms with van der Waals surface area (Å²) in [5.41, 5.74) is 3.32. The summed E-state index contributed by atoms with van der Waals surface area (Å²) in [5, 5.41) is 9.93. The molecule has 0 saturated carbocycles. The second-order valence-electron chi connectivity index (χ2n) is 7.62. The molecule has 0 radical (unpaired) electrons. The van der Waals surface area contributed by atoms with Gasteiger partial charge in [0.25, 0.3) is 0 Å². The Morgan fingerprint density at radius 1 is 0.939 bits per heavy atom. The Kier molecular flexibility index (Phi) is 5.68. The van der Waals surface area contributed by atoms with Gasteiger partial charge >= 0.3 is 5.97 Å². The molecular formula is C26H22N2O5. The van der Waals surface area contributed by atoms with E-state index in [2.05, 4.69) is 4.98 Å². The van der Waals surface area contributed by atoms with Crippen LogP contribution in [0.15, 0.2) is 83.4 Å². The maximum absolute atomic E-state index is 10.9. The topological polar surface area (TPSA) is 86.7 Å². The van der Waals surface area contributed by atoms with Gasteiger partial charge in [-0.2, -0.15) is 0 Å². The van der Waals surface area contributed by atoms with E-state index in [0.717, 1.165) is 39.1 Å². The number of carboxylic acids is 1. The van der Waals surface area contributed by atoms with Crippen molar-refractivity contribution in [2.75, 3.05) is 13.2 Å². The van der Waals surface area contributed by atoms with Crippen LogP contribution in [0, 0.1) is 0 Å². The molecule has 0 atom stereocenters. The van der Waals surface area contributed by atoms with Crippen LogP contribution in [0.1, 0.15) is 6.42 Å². The normalized spacial score (nSPS) is 11.2. The highest BCUT2D eigenvalue weighted by Crippen LogP contribution is 2.27. The highest BCUT2D eigenvalue weighted by Gasteiger charge is 2.09. The van der Waals surface area contributed by atoms with Crippen molar-refractivity contribution in [3.8, 4) is 23.0 Å². The van der Waals surface area contributed by atoms with E-state index in [1.807, 2.05) is 72.8 Å². The molecule has 7 heteroatoms.